The number of carbonyl (C=O) groups is 1. The lowest BCUT2D eigenvalue weighted by molar-refractivity contribution is -0.131. The topological polar surface area (TPSA) is 93.5 Å². The van der Waals surface area contributed by atoms with Crippen LogP contribution in [0.3, 0.4) is 0 Å². The Hall–Kier alpha value is -2.25. The Labute approximate surface area is 169 Å². The zero-order chi connectivity index (χ0) is 20.1. The van der Waals surface area contributed by atoms with Crippen molar-refractivity contribution in [1.82, 2.24) is 14.5 Å². The van der Waals surface area contributed by atoms with Crippen molar-refractivity contribution in [3.63, 3.8) is 0 Å². The molecule has 1 saturated heterocycles. The summed E-state index contributed by atoms with van der Waals surface area (Å²) in [5, 5.41) is 14.4. The molecule has 1 aromatic carbocycles. The van der Waals surface area contributed by atoms with Gasteiger partial charge >= 0.3 is 0 Å². The molecule has 28 heavy (non-hydrogen) atoms. The summed E-state index contributed by atoms with van der Waals surface area (Å²) in [7, 11) is -3.75. The zero-order valence-corrected chi connectivity index (χ0v) is 17.2. The van der Waals surface area contributed by atoms with E-state index in [1.807, 2.05) is 30.5 Å². The van der Waals surface area contributed by atoms with Crippen molar-refractivity contribution in [2.45, 2.75) is 17.9 Å². The highest BCUT2D eigenvalue weighted by atomic mass is 32.2. The van der Waals surface area contributed by atoms with Crippen molar-refractivity contribution < 1.29 is 13.2 Å². The molecular formula is C19H22N4O3S2. The molecule has 1 atom stereocenters. The molecule has 0 spiro atoms. The van der Waals surface area contributed by atoms with Crippen molar-refractivity contribution in [1.29, 1.82) is 5.26 Å². The molecule has 0 bridgehead atoms. The molecule has 1 N–H and O–H groups in total. The normalized spacial score (nSPS) is 16.5. The van der Waals surface area contributed by atoms with Crippen LogP contribution in [0.5, 0.6) is 0 Å². The molecule has 1 aliphatic rings. The fraction of sp³-hybridized carbons (Fsp3) is 0.368. The minimum absolute atomic E-state index is 0.0173. The Morgan fingerprint density at radius 2 is 1.93 bits per heavy atom. The number of thiophene rings is 1. The number of hydrogen-bond donors (Lipinski definition) is 1. The minimum atomic E-state index is -3.75. The molecule has 1 fully saturated rings. The Kier molecular flexibility index (Phi) is 6.46. The first-order valence-corrected chi connectivity index (χ1v) is 11.3. The number of hydrogen-bond acceptors (Lipinski definition) is 6. The first kappa shape index (κ1) is 20.5. The average molecular weight is 419 g/mol. The summed E-state index contributed by atoms with van der Waals surface area (Å²) in [6.07, 6.45) is 0. The third-order valence-electron chi connectivity index (χ3n) is 4.75. The Bertz CT molecular complexity index is 959. The number of carbonyl (C=O) groups excluding carboxylic acids is 1. The molecule has 148 valence electrons. The number of nitrogens with zero attached hydrogens (tertiary/aromatic N) is 3. The van der Waals surface area contributed by atoms with Gasteiger partial charge in [-0.1, -0.05) is 18.2 Å². The highest BCUT2D eigenvalue weighted by Gasteiger charge is 2.31. The van der Waals surface area contributed by atoms with Crippen LogP contribution in [0.25, 0.3) is 0 Å². The van der Waals surface area contributed by atoms with Gasteiger partial charge in [-0.15, -0.1) is 11.3 Å². The second-order valence-corrected chi connectivity index (χ2v) is 9.40. The van der Waals surface area contributed by atoms with E-state index in [4.69, 9.17) is 0 Å². The van der Waals surface area contributed by atoms with Crippen molar-refractivity contribution in [3.8, 4) is 6.07 Å². The van der Waals surface area contributed by atoms with Crippen LogP contribution in [0, 0.1) is 11.3 Å². The van der Waals surface area contributed by atoms with Gasteiger partial charge in [0.15, 0.2) is 0 Å². The van der Waals surface area contributed by atoms with Crippen molar-refractivity contribution in [2.75, 3.05) is 32.7 Å². The summed E-state index contributed by atoms with van der Waals surface area (Å²) in [6.45, 7) is 3.33. The number of piperazine rings is 1. The monoisotopic (exact) mass is 418 g/mol. The van der Waals surface area contributed by atoms with Gasteiger partial charge in [-0.2, -0.15) is 9.57 Å². The van der Waals surface area contributed by atoms with E-state index in [9.17, 15) is 18.5 Å². The number of nitriles is 1. The zero-order valence-electron chi connectivity index (χ0n) is 15.5. The summed E-state index contributed by atoms with van der Waals surface area (Å²) in [5.41, 5.74) is 0.132. The smallest absolute Gasteiger partial charge is 0.244 e. The van der Waals surface area contributed by atoms with E-state index in [2.05, 4.69) is 5.32 Å². The summed E-state index contributed by atoms with van der Waals surface area (Å²) < 4.78 is 27.0. The van der Waals surface area contributed by atoms with Crippen LogP contribution in [-0.4, -0.2) is 56.3 Å². The highest BCUT2D eigenvalue weighted by Crippen LogP contribution is 2.21. The molecule has 1 amide bonds. The van der Waals surface area contributed by atoms with E-state index < -0.39 is 10.0 Å². The van der Waals surface area contributed by atoms with E-state index in [0.717, 1.165) is 0 Å². The van der Waals surface area contributed by atoms with Crippen molar-refractivity contribution >= 4 is 27.3 Å². The maximum Gasteiger partial charge on any atom is 0.244 e. The first-order valence-electron chi connectivity index (χ1n) is 8.97. The van der Waals surface area contributed by atoms with Gasteiger partial charge in [-0.05, 0) is 30.5 Å². The summed E-state index contributed by atoms with van der Waals surface area (Å²) in [5.74, 6) is -0.0436. The van der Waals surface area contributed by atoms with Crippen LogP contribution in [-0.2, 0) is 14.8 Å². The predicted octanol–water partition coefficient (Wildman–Crippen LogP) is 1.80. The Balaban J connectivity index is 1.56. The standard InChI is InChI=1S/C19H22N4O3S2/c1-15(17-6-4-12-27-17)21-14-19(24)22-8-10-23(11-9-22)28(25,26)18-7-3-2-5-16(18)13-20/h2-7,12,15,21H,8-11,14H2,1H3. The Morgan fingerprint density at radius 1 is 1.21 bits per heavy atom. The van der Waals surface area contributed by atoms with E-state index in [0.29, 0.717) is 13.1 Å². The molecule has 2 heterocycles. The van der Waals surface area contributed by atoms with Gasteiger partial charge in [0.05, 0.1) is 17.0 Å². The van der Waals surface area contributed by atoms with Gasteiger partial charge < -0.3 is 10.2 Å². The molecule has 0 radical (unpaired) electrons. The molecule has 9 heteroatoms. The molecule has 1 aliphatic heterocycles. The summed E-state index contributed by atoms with van der Waals surface area (Å²) >= 11 is 1.64. The first-order chi connectivity index (χ1) is 13.4. The van der Waals surface area contributed by atoms with Crippen molar-refractivity contribution in [2.24, 2.45) is 0 Å². The van der Waals surface area contributed by atoms with Gasteiger partial charge in [-0.25, -0.2) is 8.42 Å². The molecular weight excluding hydrogens is 396 g/mol. The fourth-order valence-corrected chi connectivity index (χ4v) is 5.41. The Morgan fingerprint density at radius 3 is 2.57 bits per heavy atom. The van der Waals surface area contributed by atoms with E-state index in [1.165, 1.54) is 21.3 Å². The average Bonchev–Trinajstić information content (AvgIpc) is 3.27. The molecule has 7 nitrogen and oxygen atoms in total. The molecule has 0 aliphatic carbocycles. The quantitative estimate of drug-likeness (QED) is 0.772. The maximum absolute atomic E-state index is 12.9. The second kappa shape index (κ2) is 8.84. The van der Waals surface area contributed by atoms with E-state index in [1.54, 1.807) is 28.4 Å². The number of amides is 1. The minimum Gasteiger partial charge on any atom is -0.339 e. The molecule has 2 aromatic rings. The highest BCUT2D eigenvalue weighted by molar-refractivity contribution is 7.89. The number of benzene rings is 1. The van der Waals surface area contributed by atoms with Crippen LogP contribution in [0.4, 0.5) is 0 Å². The van der Waals surface area contributed by atoms with Crippen LogP contribution in [0.1, 0.15) is 23.4 Å². The van der Waals surface area contributed by atoms with Gasteiger partial charge in [0, 0.05) is 37.1 Å². The summed E-state index contributed by atoms with van der Waals surface area (Å²) in [4.78, 5) is 15.3. The third-order valence-corrected chi connectivity index (χ3v) is 7.76. The SMILES string of the molecule is CC(NCC(=O)N1CCN(S(=O)(=O)c2ccccc2C#N)CC1)c1cccs1. The third kappa shape index (κ3) is 4.42. The van der Waals surface area contributed by atoms with Crippen LogP contribution in [0.15, 0.2) is 46.7 Å². The number of nitrogens with one attached hydrogen (secondary N) is 1. The molecule has 0 saturated carbocycles. The van der Waals surface area contributed by atoms with Crippen LogP contribution in [0.2, 0.25) is 0 Å². The molecule has 1 aromatic heterocycles. The lowest BCUT2D eigenvalue weighted by atomic mass is 10.2. The lowest BCUT2D eigenvalue weighted by Crippen LogP contribution is -2.52. The van der Waals surface area contributed by atoms with E-state index >= 15 is 0 Å². The maximum atomic E-state index is 12.9. The number of sulfonamides is 1. The molecule has 3 rings (SSSR count). The predicted molar refractivity (Wildman–Crippen MR) is 107 cm³/mol. The lowest BCUT2D eigenvalue weighted by Gasteiger charge is -2.34. The van der Waals surface area contributed by atoms with Gasteiger partial charge in [0.2, 0.25) is 15.9 Å². The van der Waals surface area contributed by atoms with Gasteiger partial charge in [0.1, 0.15) is 6.07 Å². The van der Waals surface area contributed by atoms with Gasteiger partial charge in [-0.3, -0.25) is 4.79 Å². The van der Waals surface area contributed by atoms with Gasteiger partial charge in [0.25, 0.3) is 0 Å². The summed E-state index contributed by atoms with van der Waals surface area (Å²) in [6, 6.07) is 12.2. The van der Waals surface area contributed by atoms with E-state index in [-0.39, 0.29) is 42.0 Å². The van der Waals surface area contributed by atoms with Crippen LogP contribution >= 0.6 is 11.3 Å². The largest absolute Gasteiger partial charge is 0.339 e. The number of rotatable bonds is 6. The second-order valence-electron chi connectivity index (χ2n) is 6.51. The molecule has 1 unspecified atom stereocenters. The fourth-order valence-electron chi connectivity index (χ4n) is 3.09. The van der Waals surface area contributed by atoms with Crippen LogP contribution < -0.4 is 5.32 Å². The van der Waals surface area contributed by atoms with Crippen molar-refractivity contribution in [3.05, 3.63) is 52.2 Å².